The summed E-state index contributed by atoms with van der Waals surface area (Å²) < 4.78 is 0. The Hall–Kier alpha value is -1.10. The number of aryl methyl sites for hydroxylation is 1. The largest absolute Gasteiger partial charge is 0.350 e. The SMILES string of the molecule is CN=C(NCc1ncc(C)s1)N1CCC(C)(C)C1. The summed E-state index contributed by atoms with van der Waals surface area (Å²) in [6.07, 6.45) is 3.15. The van der Waals surface area contributed by atoms with Gasteiger partial charge in [0.25, 0.3) is 0 Å². The number of thiazole rings is 1. The van der Waals surface area contributed by atoms with E-state index in [2.05, 4.69) is 41.0 Å². The van der Waals surface area contributed by atoms with E-state index in [1.165, 1.54) is 11.3 Å². The molecule has 0 atom stereocenters. The zero-order chi connectivity index (χ0) is 13.2. The number of aliphatic imine (C=N–C) groups is 1. The molecule has 0 saturated carbocycles. The van der Waals surface area contributed by atoms with Crippen molar-refractivity contribution >= 4 is 17.3 Å². The summed E-state index contributed by atoms with van der Waals surface area (Å²) in [5.74, 6) is 0.994. The molecule has 0 bridgehead atoms. The smallest absolute Gasteiger partial charge is 0.194 e. The third kappa shape index (κ3) is 3.22. The van der Waals surface area contributed by atoms with Gasteiger partial charge >= 0.3 is 0 Å². The predicted octanol–water partition coefficient (Wildman–Crippen LogP) is 2.26. The van der Waals surface area contributed by atoms with E-state index in [9.17, 15) is 0 Å². The van der Waals surface area contributed by atoms with Gasteiger partial charge < -0.3 is 10.2 Å². The molecule has 1 aromatic rings. The van der Waals surface area contributed by atoms with E-state index >= 15 is 0 Å². The fraction of sp³-hybridized carbons (Fsp3) is 0.692. The topological polar surface area (TPSA) is 40.5 Å². The first kappa shape index (κ1) is 13.3. The average Bonchev–Trinajstić information content (AvgIpc) is 2.86. The number of likely N-dealkylation sites (tertiary alicyclic amines) is 1. The van der Waals surface area contributed by atoms with Gasteiger partial charge in [0.1, 0.15) is 5.01 Å². The summed E-state index contributed by atoms with van der Waals surface area (Å²) in [5.41, 5.74) is 0.398. The highest BCUT2D eigenvalue weighted by molar-refractivity contribution is 7.11. The Morgan fingerprint density at radius 2 is 2.39 bits per heavy atom. The van der Waals surface area contributed by atoms with Gasteiger partial charge in [0, 0.05) is 31.2 Å². The summed E-state index contributed by atoms with van der Waals surface area (Å²) in [7, 11) is 1.85. The van der Waals surface area contributed by atoms with Gasteiger partial charge in [-0.05, 0) is 18.8 Å². The Balaban J connectivity index is 1.91. The van der Waals surface area contributed by atoms with Crippen molar-refractivity contribution in [3.05, 3.63) is 16.1 Å². The van der Waals surface area contributed by atoms with E-state index in [1.807, 2.05) is 13.2 Å². The maximum Gasteiger partial charge on any atom is 0.194 e. The lowest BCUT2D eigenvalue weighted by molar-refractivity contribution is 0.370. The first-order valence-corrected chi connectivity index (χ1v) is 7.19. The zero-order valence-electron chi connectivity index (χ0n) is 11.7. The summed E-state index contributed by atoms with van der Waals surface area (Å²) in [4.78, 5) is 12.3. The molecule has 1 aromatic heterocycles. The molecule has 1 N–H and O–H groups in total. The second kappa shape index (κ2) is 5.26. The number of hydrogen-bond donors (Lipinski definition) is 1. The van der Waals surface area contributed by atoms with Crippen molar-refractivity contribution in [2.24, 2.45) is 10.4 Å². The first-order valence-electron chi connectivity index (χ1n) is 6.37. The molecule has 1 saturated heterocycles. The van der Waals surface area contributed by atoms with Crippen LogP contribution in [0.2, 0.25) is 0 Å². The Kier molecular flexibility index (Phi) is 3.90. The number of nitrogens with one attached hydrogen (secondary N) is 1. The van der Waals surface area contributed by atoms with E-state index in [0.29, 0.717) is 5.41 Å². The van der Waals surface area contributed by atoms with Gasteiger partial charge in [0.05, 0.1) is 6.54 Å². The van der Waals surface area contributed by atoms with Crippen LogP contribution in [0.3, 0.4) is 0 Å². The lowest BCUT2D eigenvalue weighted by Gasteiger charge is -2.23. The fourth-order valence-corrected chi connectivity index (χ4v) is 2.99. The van der Waals surface area contributed by atoms with E-state index < -0.39 is 0 Å². The molecule has 0 radical (unpaired) electrons. The van der Waals surface area contributed by atoms with Crippen molar-refractivity contribution < 1.29 is 0 Å². The molecule has 0 aliphatic carbocycles. The second-order valence-electron chi connectivity index (χ2n) is 5.60. The third-order valence-electron chi connectivity index (χ3n) is 3.26. The van der Waals surface area contributed by atoms with E-state index in [-0.39, 0.29) is 0 Å². The van der Waals surface area contributed by atoms with Gasteiger partial charge in [-0.15, -0.1) is 11.3 Å². The molecule has 2 heterocycles. The summed E-state index contributed by atoms with van der Waals surface area (Å²) in [5, 5.41) is 4.52. The minimum Gasteiger partial charge on any atom is -0.350 e. The van der Waals surface area contributed by atoms with Gasteiger partial charge in [0.2, 0.25) is 0 Å². The molecule has 100 valence electrons. The lowest BCUT2D eigenvalue weighted by atomic mass is 9.93. The standard InChI is InChI=1S/C13H22N4S/c1-10-7-15-11(18-10)8-16-12(14-4)17-6-5-13(2,3)9-17/h7H,5-6,8-9H2,1-4H3,(H,14,16). The molecule has 1 aliphatic rings. The Morgan fingerprint density at radius 1 is 1.61 bits per heavy atom. The second-order valence-corrected chi connectivity index (χ2v) is 6.92. The normalized spacial score (nSPS) is 19.3. The molecule has 0 spiro atoms. The molecule has 18 heavy (non-hydrogen) atoms. The molecular weight excluding hydrogens is 244 g/mol. The first-order chi connectivity index (χ1) is 8.50. The fourth-order valence-electron chi connectivity index (χ4n) is 2.26. The molecule has 4 nitrogen and oxygen atoms in total. The number of aromatic nitrogens is 1. The van der Waals surface area contributed by atoms with Crippen LogP contribution in [0.25, 0.3) is 0 Å². The third-order valence-corrected chi connectivity index (χ3v) is 4.17. The quantitative estimate of drug-likeness (QED) is 0.659. The molecule has 0 unspecified atom stereocenters. The van der Waals surface area contributed by atoms with Crippen LogP contribution < -0.4 is 5.32 Å². The summed E-state index contributed by atoms with van der Waals surface area (Å²) in [6.45, 7) is 9.63. The highest BCUT2D eigenvalue weighted by Crippen LogP contribution is 2.28. The molecular formula is C13H22N4S. The average molecular weight is 266 g/mol. The van der Waals surface area contributed by atoms with Gasteiger partial charge in [-0.1, -0.05) is 13.8 Å². The van der Waals surface area contributed by atoms with Crippen LogP contribution in [0.4, 0.5) is 0 Å². The van der Waals surface area contributed by atoms with Crippen molar-refractivity contribution in [2.75, 3.05) is 20.1 Å². The molecule has 5 heteroatoms. The van der Waals surface area contributed by atoms with Crippen LogP contribution in [0.1, 0.15) is 30.2 Å². The number of hydrogen-bond acceptors (Lipinski definition) is 3. The minimum absolute atomic E-state index is 0.398. The van der Waals surface area contributed by atoms with Crippen LogP contribution >= 0.6 is 11.3 Å². The number of rotatable bonds is 2. The van der Waals surface area contributed by atoms with E-state index in [1.54, 1.807) is 11.3 Å². The van der Waals surface area contributed by atoms with E-state index in [4.69, 9.17) is 0 Å². The lowest BCUT2D eigenvalue weighted by Crippen LogP contribution is -2.40. The molecule has 0 amide bonds. The van der Waals surface area contributed by atoms with Crippen LogP contribution in [-0.2, 0) is 6.54 Å². The van der Waals surface area contributed by atoms with Crippen molar-refractivity contribution in [1.82, 2.24) is 15.2 Å². The van der Waals surface area contributed by atoms with Crippen molar-refractivity contribution in [2.45, 2.75) is 33.7 Å². The molecule has 1 aliphatic heterocycles. The highest BCUT2D eigenvalue weighted by atomic mass is 32.1. The summed E-state index contributed by atoms with van der Waals surface area (Å²) >= 11 is 1.74. The number of guanidine groups is 1. The van der Waals surface area contributed by atoms with Gasteiger partial charge in [-0.2, -0.15) is 0 Å². The molecule has 1 fully saturated rings. The zero-order valence-corrected chi connectivity index (χ0v) is 12.5. The van der Waals surface area contributed by atoms with Crippen LogP contribution in [0, 0.1) is 12.3 Å². The summed E-state index contributed by atoms with van der Waals surface area (Å²) in [6, 6.07) is 0. The maximum atomic E-state index is 4.37. The predicted molar refractivity (Wildman–Crippen MR) is 77.0 cm³/mol. The molecule has 2 rings (SSSR count). The Bertz CT molecular complexity index is 436. The van der Waals surface area contributed by atoms with Crippen molar-refractivity contribution in [3.63, 3.8) is 0 Å². The van der Waals surface area contributed by atoms with E-state index in [0.717, 1.165) is 30.6 Å². The van der Waals surface area contributed by atoms with Crippen LogP contribution in [-0.4, -0.2) is 36.0 Å². The van der Waals surface area contributed by atoms with Gasteiger partial charge in [-0.3, -0.25) is 4.99 Å². The Morgan fingerprint density at radius 3 is 2.89 bits per heavy atom. The number of nitrogens with zero attached hydrogens (tertiary/aromatic N) is 3. The van der Waals surface area contributed by atoms with Crippen LogP contribution in [0.15, 0.2) is 11.2 Å². The van der Waals surface area contributed by atoms with Gasteiger partial charge in [-0.25, -0.2) is 4.98 Å². The minimum atomic E-state index is 0.398. The molecule has 0 aromatic carbocycles. The monoisotopic (exact) mass is 266 g/mol. The highest BCUT2D eigenvalue weighted by Gasteiger charge is 2.30. The van der Waals surface area contributed by atoms with Crippen LogP contribution in [0.5, 0.6) is 0 Å². The van der Waals surface area contributed by atoms with Gasteiger partial charge in [0.15, 0.2) is 5.96 Å². The van der Waals surface area contributed by atoms with Crippen molar-refractivity contribution in [1.29, 1.82) is 0 Å². The van der Waals surface area contributed by atoms with Crippen molar-refractivity contribution in [3.8, 4) is 0 Å². The maximum absolute atomic E-state index is 4.37. The Labute approximate surface area is 113 Å².